The number of amides is 1. The van der Waals surface area contributed by atoms with Crippen LogP contribution in [0.15, 0.2) is 41.2 Å². The SMILES string of the molecule is COc1ccc(CN2C[C@H]3C[C@@H](C2)[C@H](C(=O)N(C)C)n2c3cccc2=O)c(F)c1. The number of piperidine rings is 1. The molecule has 3 heterocycles. The summed E-state index contributed by atoms with van der Waals surface area (Å²) in [6.07, 6.45) is 0.856. The average Bonchev–Trinajstić information content (AvgIpc) is 2.70. The summed E-state index contributed by atoms with van der Waals surface area (Å²) in [5.74, 6) is 0.289. The first-order valence-corrected chi connectivity index (χ1v) is 9.86. The number of rotatable bonds is 4. The van der Waals surface area contributed by atoms with Gasteiger partial charge >= 0.3 is 0 Å². The molecule has 0 saturated carbocycles. The molecule has 1 aromatic carbocycles. The van der Waals surface area contributed by atoms with Crippen LogP contribution in [0.4, 0.5) is 4.39 Å². The van der Waals surface area contributed by atoms with Crippen molar-refractivity contribution >= 4 is 5.91 Å². The van der Waals surface area contributed by atoms with Crippen molar-refractivity contribution in [1.82, 2.24) is 14.4 Å². The molecule has 0 N–H and O–H groups in total. The molecule has 7 heteroatoms. The van der Waals surface area contributed by atoms with Gasteiger partial charge in [0.2, 0.25) is 5.91 Å². The zero-order valence-corrected chi connectivity index (χ0v) is 17.0. The fourth-order valence-corrected chi connectivity index (χ4v) is 4.76. The van der Waals surface area contributed by atoms with Crippen LogP contribution in [0.3, 0.4) is 0 Å². The number of aromatic nitrogens is 1. The van der Waals surface area contributed by atoms with Crippen molar-refractivity contribution in [3.63, 3.8) is 0 Å². The Morgan fingerprint density at radius 1 is 1.24 bits per heavy atom. The Kier molecular flexibility index (Phi) is 5.17. The Bertz CT molecular complexity index is 988. The molecular weight excluding hydrogens is 373 g/mol. The van der Waals surface area contributed by atoms with E-state index in [4.69, 9.17) is 4.74 Å². The number of halogens is 1. The van der Waals surface area contributed by atoms with Crippen LogP contribution in [-0.2, 0) is 11.3 Å². The second-order valence-electron chi connectivity index (χ2n) is 8.18. The smallest absolute Gasteiger partial charge is 0.251 e. The number of likely N-dealkylation sites (N-methyl/N-ethyl adjacent to an activating group) is 1. The Hall–Kier alpha value is -2.67. The summed E-state index contributed by atoms with van der Waals surface area (Å²) in [5, 5.41) is 0. The number of carbonyl (C=O) groups is 1. The summed E-state index contributed by atoms with van der Waals surface area (Å²) in [6.45, 7) is 1.84. The second-order valence-corrected chi connectivity index (χ2v) is 8.18. The highest BCUT2D eigenvalue weighted by Gasteiger charge is 2.44. The summed E-state index contributed by atoms with van der Waals surface area (Å²) < 4.78 is 21.2. The molecule has 2 bridgehead atoms. The van der Waals surface area contributed by atoms with Crippen LogP contribution in [0.1, 0.15) is 29.6 Å². The van der Waals surface area contributed by atoms with Gasteiger partial charge in [-0.1, -0.05) is 12.1 Å². The molecule has 154 valence electrons. The largest absolute Gasteiger partial charge is 0.497 e. The molecule has 2 aliphatic rings. The minimum absolute atomic E-state index is 0.0116. The number of benzene rings is 1. The van der Waals surface area contributed by atoms with E-state index in [0.717, 1.165) is 18.7 Å². The second kappa shape index (κ2) is 7.63. The predicted molar refractivity (Wildman–Crippen MR) is 108 cm³/mol. The van der Waals surface area contributed by atoms with Crippen molar-refractivity contribution < 1.29 is 13.9 Å². The molecule has 1 aromatic heterocycles. The van der Waals surface area contributed by atoms with Crippen molar-refractivity contribution in [3.8, 4) is 5.75 Å². The molecule has 1 fully saturated rings. The molecular formula is C22H26FN3O3. The van der Waals surface area contributed by atoms with E-state index in [0.29, 0.717) is 24.4 Å². The predicted octanol–water partition coefficient (Wildman–Crippen LogP) is 2.24. The van der Waals surface area contributed by atoms with Crippen molar-refractivity contribution in [2.75, 3.05) is 34.3 Å². The summed E-state index contributed by atoms with van der Waals surface area (Å²) in [5.41, 5.74) is 1.37. The van der Waals surface area contributed by atoms with Crippen molar-refractivity contribution in [2.24, 2.45) is 5.92 Å². The van der Waals surface area contributed by atoms with Crippen molar-refractivity contribution in [1.29, 1.82) is 0 Å². The van der Waals surface area contributed by atoms with Gasteiger partial charge in [-0.25, -0.2) is 4.39 Å². The van der Waals surface area contributed by atoms with Gasteiger partial charge in [0.1, 0.15) is 17.6 Å². The maximum Gasteiger partial charge on any atom is 0.251 e. The van der Waals surface area contributed by atoms with Gasteiger partial charge in [0.15, 0.2) is 0 Å². The minimum atomic E-state index is -0.520. The third-order valence-corrected chi connectivity index (χ3v) is 6.07. The monoisotopic (exact) mass is 399 g/mol. The van der Waals surface area contributed by atoms with Gasteiger partial charge in [-0.15, -0.1) is 0 Å². The van der Waals surface area contributed by atoms with E-state index in [-0.39, 0.29) is 29.1 Å². The van der Waals surface area contributed by atoms with Gasteiger partial charge in [0, 0.05) is 69.0 Å². The third kappa shape index (κ3) is 3.55. The number of likely N-dealkylation sites (tertiary alicyclic amines) is 1. The van der Waals surface area contributed by atoms with Crippen LogP contribution < -0.4 is 10.3 Å². The first-order chi connectivity index (χ1) is 13.9. The van der Waals surface area contributed by atoms with Gasteiger partial charge in [-0.2, -0.15) is 0 Å². The zero-order chi connectivity index (χ0) is 20.7. The molecule has 0 unspecified atom stereocenters. The lowest BCUT2D eigenvalue weighted by Gasteiger charge is -2.46. The molecule has 1 saturated heterocycles. The molecule has 6 nitrogen and oxygen atoms in total. The standard InChI is InChI=1S/C22H26FN3O3/c1-24(2)22(28)21-16-9-15(19-5-4-6-20(27)26(19)21)12-25(13-16)11-14-7-8-17(29-3)10-18(14)23/h4-8,10,15-16,21H,9,11-13H2,1-3H3/t15-,16+,21-/m1/s1. The van der Waals surface area contributed by atoms with Crippen LogP contribution in [0.25, 0.3) is 0 Å². The van der Waals surface area contributed by atoms with Crippen LogP contribution in [-0.4, -0.2) is 54.6 Å². The van der Waals surface area contributed by atoms with Gasteiger partial charge in [-0.05, 0) is 18.6 Å². The Balaban J connectivity index is 1.66. The molecule has 1 amide bonds. The maximum absolute atomic E-state index is 14.5. The van der Waals surface area contributed by atoms with Crippen molar-refractivity contribution in [2.45, 2.75) is 24.9 Å². The third-order valence-electron chi connectivity index (χ3n) is 6.07. The molecule has 0 aliphatic carbocycles. The summed E-state index contributed by atoms with van der Waals surface area (Å²) >= 11 is 0. The molecule has 4 rings (SSSR count). The number of pyridine rings is 1. The van der Waals surface area contributed by atoms with E-state index < -0.39 is 6.04 Å². The average molecular weight is 399 g/mol. The van der Waals surface area contributed by atoms with Crippen LogP contribution in [0, 0.1) is 11.7 Å². The number of methoxy groups -OCH3 is 1. The van der Waals surface area contributed by atoms with E-state index >= 15 is 0 Å². The van der Waals surface area contributed by atoms with Gasteiger partial charge in [0.25, 0.3) is 5.56 Å². The Morgan fingerprint density at radius 3 is 2.72 bits per heavy atom. The van der Waals surface area contributed by atoms with E-state index in [9.17, 15) is 14.0 Å². The maximum atomic E-state index is 14.5. The van der Waals surface area contributed by atoms with E-state index in [2.05, 4.69) is 4.90 Å². The lowest BCUT2D eigenvalue weighted by atomic mass is 9.78. The van der Waals surface area contributed by atoms with Gasteiger partial charge < -0.3 is 9.64 Å². The highest BCUT2D eigenvalue weighted by Crippen LogP contribution is 2.42. The van der Waals surface area contributed by atoms with E-state index in [1.165, 1.54) is 19.2 Å². The minimum Gasteiger partial charge on any atom is -0.497 e. The fourth-order valence-electron chi connectivity index (χ4n) is 4.76. The molecule has 2 aliphatic heterocycles. The van der Waals surface area contributed by atoms with E-state index in [1.54, 1.807) is 41.8 Å². The normalized spacial score (nSPS) is 23.4. The summed E-state index contributed by atoms with van der Waals surface area (Å²) in [6, 6.07) is 9.60. The van der Waals surface area contributed by atoms with Gasteiger partial charge in [0.05, 0.1) is 7.11 Å². The summed E-state index contributed by atoms with van der Waals surface area (Å²) in [7, 11) is 4.95. The zero-order valence-electron chi connectivity index (χ0n) is 17.0. The highest BCUT2D eigenvalue weighted by molar-refractivity contribution is 5.80. The molecule has 29 heavy (non-hydrogen) atoms. The van der Waals surface area contributed by atoms with E-state index in [1.807, 2.05) is 6.07 Å². The van der Waals surface area contributed by atoms with Crippen molar-refractivity contribution in [3.05, 3.63) is 63.8 Å². The number of carbonyl (C=O) groups excluding carboxylic acids is 1. The van der Waals surface area contributed by atoms with Gasteiger partial charge in [-0.3, -0.25) is 19.1 Å². The molecule has 0 radical (unpaired) electrons. The van der Waals surface area contributed by atoms with Crippen LogP contribution >= 0.6 is 0 Å². The number of hydrogen-bond donors (Lipinski definition) is 0. The topological polar surface area (TPSA) is 54.8 Å². The molecule has 0 spiro atoms. The van der Waals surface area contributed by atoms with Crippen LogP contribution in [0.5, 0.6) is 5.75 Å². The Labute approximate surface area is 169 Å². The molecule has 3 atom stereocenters. The lowest BCUT2D eigenvalue weighted by Crippen LogP contribution is -2.53. The summed E-state index contributed by atoms with van der Waals surface area (Å²) in [4.78, 5) is 29.4. The Morgan fingerprint density at radius 2 is 2.03 bits per heavy atom. The van der Waals surface area contributed by atoms with Crippen LogP contribution in [0.2, 0.25) is 0 Å². The first kappa shape index (κ1) is 19.6. The first-order valence-electron chi connectivity index (χ1n) is 9.86. The quantitative estimate of drug-likeness (QED) is 0.791. The number of hydrogen-bond acceptors (Lipinski definition) is 4. The number of nitrogens with zero attached hydrogens (tertiary/aromatic N) is 3. The number of fused-ring (bicyclic) bond motifs is 4. The number of ether oxygens (including phenoxy) is 1. The fraction of sp³-hybridized carbons (Fsp3) is 0.455. The highest BCUT2D eigenvalue weighted by atomic mass is 19.1. The molecule has 2 aromatic rings. The lowest BCUT2D eigenvalue weighted by molar-refractivity contribution is -0.135.